The Bertz CT molecular complexity index is 442. The fourth-order valence-corrected chi connectivity index (χ4v) is 2.25. The van der Waals surface area contributed by atoms with Crippen LogP contribution in [0.3, 0.4) is 0 Å². The number of benzene rings is 1. The molecule has 1 saturated heterocycles. The van der Waals surface area contributed by atoms with Gasteiger partial charge >= 0.3 is 6.18 Å². The van der Waals surface area contributed by atoms with Crippen molar-refractivity contribution in [3.05, 3.63) is 35.4 Å². The molecule has 20 heavy (non-hydrogen) atoms. The Labute approximate surface area is 116 Å². The monoisotopic (exact) mass is 289 g/mol. The molecule has 0 aromatic heterocycles. The van der Waals surface area contributed by atoms with Crippen molar-refractivity contribution in [3.63, 3.8) is 0 Å². The van der Waals surface area contributed by atoms with E-state index in [4.69, 9.17) is 9.47 Å². The zero-order chi connectivity index (χ0) is 14.6. The first-order chi connectivity index (χ1) is 9.45. The first-order valence-corrected chi connectivity index (χ1v) is 6.45. The molecule has 1 aromatic carbocycles. The normalized spacial score (nSPS) is 23.2. The minimum Gasteiger partial charge on any atom is -0.378 e. The van der Waals surface area contributed by atoms with Crippen LogP contribution in [-0.4, -0.2) is 32.5 Å². The van der Waals surface area contributed by atoms with E-state index in [-0.39, 0.29) is 5.60 Å². The molecule has 1 N–H and O–H groups in total. The Morgan fingerprint density at radius 2 is 2.20 bits per heavy atom. The number of hydrogen-bond donors (Lipinski definition) is 1. The molecule has 1 fully saturated rings. The maximum atomic E-state index is 12.6. The van der Waals surface area contributed by atoms with E-state index in [1.807, 2.05) is 0 Å². The molecule has 0 spiro atoms. The first kappa shape index (κ1) is 15.3. The second-order valence-corrected chi connectivity index (χ2v) is 4.99. The summed E-state index contributed by atoms with van der Waals surface area (Å²) < 4.78 is 48.5. The third-order valence-corrected chi connectivity index (χ3v) is 3.53. The SMILES string of the molecule is COC1(CNCc2cccc(C(F)(F)F)c2)CCOC1. The Morgan fingerprint density at radius 1 is 1.40 bits per heavy atom. The van der Waals surface area contributed by atoms with Gasteiger partial charge in [-0.15, -0.1) is 0 Å². The van der Waals surface area contributed by atoms with Gasteiger partial charge in [0.2, 0.25) is 0 Å². The molecule has 0 amide bonds. The van der Waals surface area contributed by atoms with Crippen LogP contribution < -0.4 is 5.32 Å². The second kappa shape index (κ2) is 6.11. The van der Waals surface area contributed by atoms with E-state index in [0.29, 0.717) is 31.9 Å². The van der Waals surface area contributed by atoms with Gasteiger partial charge in [-0.25, -0.2) is 0 Å². The van der Waals surface area contributed by atoms with Crippen molar-refractivity contribution in [3.8, 4) is 0 Å². The fraction of sp³-hybridized carbons (Fsp3) is 0.571. The van der Waals surface area contributed by atoms with Gasteiger partial charge in [0.15, 0.2) is 0 Å². The quantitative estimate of drug-likeness (QED) is 0.904. The Morgan fingerprint density at radius 3 is 2.80 bits per heavy atom. The van der Waals surface area contributed by atoms with Crippen LogP contribution in [0.25, 0.3) is 0 Å². The third kappa shape index (κ3) is 3.71. The molecule has 1 heterocycles. The number of ether oxygens (including phenoxy) is 2. The lowest BCUT2D eigenvalue weighted by Gasteiger charge is -2.26. The van der Waals surface area contributed by atoms with Gasteiger partial charge in [-0.3, -0.25) is 0 Å². The highest BCUT2D eigenvalue weighted by atomic mass is 19.4. The lowest BCUT2D eigenvalue weighted by atomic mass is 10.0. The van der Waals surface area contributed by atoms with Gasteiger partial charge in [-0.1, -0.05) is 18.2 Å². The molecule has 1 atom stereocenters. The zero-order valence-corrected chi connectivity index (χ0v) is 11.3. The molecule has 2 rings (SSSR count). The Hall–Kier alpha value is -1.11. The molecule has 1 unspecified atom stereocenters. The van der Waals surface area contributed by atoms with Crippen molar-refractivity contribution in [1.29, 1.82) is 0 Å². The molecule has 0 saturated carbocycles. The highest BCUT2D eigenvalue weighted by Gasteiger charge is 2.34. The van der Waals surface area contributed by atoms with Crippen LogP contribution in [0, 0.1) is 0 Å². The van der Waals surface area contributed by atoms with Crippen molar-refractivity contribution < 1.29 is 22.6 Å². The lowest BCUT2D eigenvalue weighted by molar-refractivity contribution is -0.137. The maximum absolute atomic E-state index is 12.6. The zero-order valence-electron chi connectivity index (χ0n) is 11.3. The number of methoxy groups -OCH3 is 1. The van der Waals surface area contributed by atoms with Crippen molar-refractivity contribution in [2.24, 2.45) is 0 Å². The van der Waals surface area contributed by atoms with Crippen LogP contribution in [0.2, 0.25) is 0 Å². The molecule has 112 valence electrons. The van der Waals surface area contributed by atoms with E-state index in [1.54, 1.807) is 13.2 Å². The van der Waals surface area contributed by atoms with Gasteiger partial charge in [0.25, 0.3) is 0 Å². The number of hydrogen-bond acceptors (Lipinski definition) is 3. The van der Waals surface area contributed by atoms with E-state index >= 15 is 0 Å². The minimum absolute atomic E-state index is 0.359. The summed E-state index contributed by atoms with van der Waals surface area (Å²) in [6.07, 6.45) is -3.51. The van der Waals surface area contributed by atoms with E-state index in [2.05, 4.69) is 5.32 Å². The van der Waals surface area contributed by atoms with Crippen molar-refractivity contribution >= 4 is 0 Å². The third-order valence-electron chi connectivity index (χ3n) is 3.53. The molecule has 0 aliphatic carbocycles. The largest absolute Gasteiger partial charge is 0.416 e. The van der Waals surface area contributed by atoms with Crippen LogP contribution in [0.1, 0.15) is 17.5 Å². The van der Waals surface area contributed by atoms with Gasteiger partial charge in [0, 0.05) is 33.2 Å². The summed E-state index contributed by atoms with van der Waals surface area (Å²) in [5.74, 6) is 0. The number of halogens is 3. The Balaban J connectivity index is 1.91. The molecule has 1 aromatic rings. The second-order valence-electron chi connectivity index (χ2n) is 4.99. The first-order valence-electron chi connectivity index (χ1n) is 6.45. The molecular weight excluding hydrogens is 271 g/mol. The van der Waals surface area contributed by atoms with Crippen LogP contribution in [0.4, 0.5) is 13.2 Å². The topological polar surface area (TPSA) is 30.5 Å². The Kier molecular flexibility index (Phi) is 4.67. The van der Waals surface area contributed by atoms with E-state index in [9.17, 15) is 13.2 Å². The fourth-order valence-electron chi connectivity index (χ4n) is 2.25. The van der Waals surface area contributed by atoms with E-state index in [1.165, 1.54) is 6.07 Å². The van der Waals surface area contributed by atoms with Gasteiger partial charge in [0.05, 0.1) is 12.2 Å². The van der Waals surface area contributed by atoms with Crippen LogP contribution in [0.5, 0.6) is 0 Å². The molecule has 0 bridgehead atoms. The van der Waals surface area contributed by atoms with Gasteiger partial charge in [-0.05, 0) is 11.6 Å². The lowest BCUT2D eigenvalue weighted by Crippen LogP contribution is -2.42. The van der Waals surface area contributed by atoms with E-state index in [0.717, 1.165) is 18.6 Å². The van der Waals surface area contributed by atoms with E-state index < -0.39 is 11.7 Å². The predicted octanol–water partition coefficient (Wildman–Crippen LogP) is 2.60. The minimum atomic E-state index is -4.30. The molecule has 3 nitrogen and oxygen atoms in total. The highest BCUT2D eigenvalue weighted by molar-refractivity contribution is 5.25. The van der Waals surface area contributed by atoms with Crippen LogP contribution in [0.15, 0.2) is 24.3 Å². The van der Waals surface area contributed by atoms with Gasteiger partial charge < -0.3 is 14.8 Å². The number of nitrogens with one attached hydrogen (secondary N) is 1. The molecule has 1 aliphatic heterocycles. The highest BCUT2D eigenvalue weighted by Crippen LogP contribution is 2.29. The summed E-state index contributed by atoms with van der Waals surface area (Å²) >= 11 is 0. The molecule has 6 heteroatoms. The predicted molar refractivity (Wildman–Crippen MR) is 68.3 cm³/mol. The van der Waals surface area contributed by atoms with Crippen molar-refractivity contribution in [2.75, 3.05) is 26.9 Å². The van der Waals surface area contributed by atoms with Crippen molar-refractivity contribution in [2.45, 2.75) is 24.7 Å². The summed E-state index contributed by atoms with van der Waals surface area (Å²) in [6.45, 7) is 2.09. The molecule has 0 radical (unpaired) electrons. The summed E-state index contributed by atoms with van der Waals surface area (Å²) in [5, 5.41) is 3.14. The molecule has 1 aliphatic rings. The van der Waals surface area contributed by atoms with Crippen molar-refractivity contribution in [1.82, 2.24) is 5.32 Å². The summed E-state index contributed by atoms with van der Waals surface area (Å²) in [7, 11) is 1.63. The summed E-state index contributed by atoms with van der Waals surface area (Å²) in [4.78, 5) is 0. The smallest absolute Gasteiger partial charge is 0.378 e. The van der Waals surface area contributed by atoms with Crippen LogP contribution in [-0.2, 0) is 22.2 Å². The number of rotatable bonds is 5. The summed E-state index contributed by atoms with van der Waals surface area (Å²) in [6, 6.07) is 5.33. The average molecular weight is 289 g/mol. The molecular formula is C14H18F3NO2. The van der Waals surface area contributed by atoms with Gasteiger partial charge in [-0.2, -0.15) is 13.2 Å². The average Bonchev–Trinajstić information content (AvgIpc) is 2.88. The maximum Gasteiger partial charge on any atom is 0.416 e. The number of alkyl halides is 3. The summed E-state index contributed by atoms with van der Waals surface area (Å²) in [5.41, 5.74) is -0.380. The van der Waals surface area contributed by atoms with Gasteiger partial charge in [0.1, 0.15) is 5.60 Å². The standard InChI is InChI=1S/C14H18F3NO2/c1-19-13(5-6-20-10-13)9-18-8-11-3-2-4-12(7-11)14(15,16)17/h2-4,7,18H,5-6,8-10H2,1H3. The van der Waals surface area contributed by atoms with Crippen LogP contribution >= 0.6 is 0 Å².